The summed E-state index contributed by atoms with van der Waals surface area (Å²) >= 11 is 0. The molecule has 4 nitrogen and oxygen atoms in total. The highest BCUT2D eigenvalue weighted by atomic mass is 16.5. The summed E-state index contributed by atoms with van der Waals surface area (Å²) in [7, 11) is 0. The molecule has 0 N–H and O–H groups in total. The Kier molecular flexibility index (Phi) is 6.26. The zero-order valence-electron chi connectivity index (χ0n) is 18.8. The highest BCUT2D eigenvalue weighted by molar-refractivity contribution is 5.91. The maximum Gasteiger partial charge on any atom is 0.343 e. The van der Waals surface area contributed by atoms with E-state index in [1.54, 1.807) is 12.1 Å². The zero-order valence-corrected chi connectivity index (χ0v) is 18.8. The van der Waals surface area contributed by atoms with Gasteiger partial charge in [-0.3, -0.25) is 0 Å². The molecule has 1 fully saturated rings. The molecule has 0 aliphatic heterocycles. The summed E-state index contributed by atoms with van der Waals surface area (Å²) in [5.41, 5.74) is 2.40. The fourth-order valence-corrected chi connectivity index (χ4v) is 4.40. The maximum atomic E-state index is 12.4. The third kappa shape index (κ3) is 5.25. The standard InChI is InChI=1S/C27H32N2O2/c1-27(2,3)26-28-24(19-29(26)18-20-11-6-4-7-12-20)22-15-10-16-23(17-22)31-25(30)21-13-8-5-9-14-21/h5,8-10,13-17,19-20H,4,6-7,11-12,18H2,1-3H3. The minimum atomic E-state index is -0.351. The number of esters is 1. The van der Waals surface area contributed by atoms with Gasteiger partial charge in [-0.2, -0.15) is 0 Å². The van der Waals surface area contributed by atoms with Gasteiger partial charge in [-0.05, 0) is 43.0 Å². The number of aromatic nitrogens is 2. The Hall–Kier alpha value is -2.88. The third-order valence-electron chi connectivity index (χ3n) is 5.98. The number of benzene rings is 2. The molecule has 0 bridgehead atoms. The number of nitrogens with zero attached hydrogens (tertiary/aromatic N) is 2. The minimum Gasteiger partial charge on any atom is -0.423 e. The Morgan fingerprint density at radius 1 is 1.03 bits per heavy atom. The van der Waals surface area contributed by atoms with E-state index in [2.05, 4.69) is 31.5 Å². The van der Waals surface area contributed by atoms with Crippen LogP contribution in [0.1, 0.15) is 69.1 Å². The van der Waals surface area contributed by atoms with Crippen LogP contribution in [-0.4, -0.2) is 15.5 Å². The molecule has 162 valence electrons. The maximum absolute atomic E-state index is 12.4. The lowest BCUT2D eigenvalue weighted by Gasteiger charge is -2.25. The second-order valence-electron chi connectivity index (χ2n) is 9.64. The van der Waals surface area contributed by atoms with E-state index in [-0.39, 0.29) is 11.4 Å². The van der Waals surface area contributed by atoms with E-state index in [0.717, 1.165) is 29.5 Å². The normalized spacial score (nSPS) is 15.1. The van der Waals surface area contributed by atoms with Crippen molar-refractivity contribution < 1.29 is 9.53 Å². The molecule has 3 aromatic rings. The third-order valence-corrected chi connectivity index (χ3v) is 5.98. The van der Waals surface area contributed by atoms with Crippen molar-refractivity contribution in [1.82, 2.24) is 9.55 Å². The summed E-state index contributed by atoms with van der Waals surface area (Å²) in [4.78, 5) is 17.4. The molecule has 1 heterocycles. The van der Waals surface area contributed by atoms with E-state index in [9.17, 15) is 4.79 Å². The second kappa shape index (κ2) is 9.09. The molecule has 1 aromatic heterocycles. The van der Waals surface area contributed by atoms with Crippen LogP contribution < -0.4 is 4.74 Å². The predicted molar refractivity (Wildman–Crippen MR) is 124 cm³/mol. The highest BCUT2D eigenvalue weighted by Crippen LogP contribution is 2.31. The van der Waals surface area contributed by atoms with Crippen molar-refractivity contribution in [1.29, 1.82) is 0 Å². The van der Waals surface area contributed by atoms with E-state index in [1.807, 2.05) is 42.5 Å². The van der Waals surface area contributed by atoms with Crippen LogP contribution in [0.25, 0.3) is 11.3 Å². The van der Waals surface area contributed by atoms with Crippen LogP contribution in [0.3, 0.4) is 0 Å². The second-order valence-corrected chi connectivity index (χ2v) is 9.64. The molecule has 0 amide bonds. The minimum absolute atomic E-state index is 0.0374. The molecule has 4 rings (SSSR count). The molecule has 1 saturated carbocycles. The van der Waals surface area contributed by atoms with Gasteiger partial charge in [-0.15, -0.1) is 0 Å². The Balaban J connectivity index is 1.58. The molecule has 1 aliphatic rings. The smallest absolute Gasteiger partial charge is 0.343 e. The van der Waals surface area contributed by atoms with Crippen LogP contribution in [0.4, 0.5) is 0 Å². The van der Waals surface area contributed by atoms with E-state index in [4.69, 9.17) is 9.72 Å². The van der Waals surface area contributed by atoms with Crippen LogP contribution in [0.2, 0.25) is 0 Å². The molecular formula is C27H32N2O2. The van der Waals surface area contributed by atoms with Gasteiger partial charge in [0.25, 0.3) is 0 Å². The van der Waals surface area contributed by atoms with Gasteiger partial charge in [-0.1, -0.05) is 70.4 Å². The summed E-state index contributed by atoms with van der Waals surface area (Å²) in [5.74, 6) is 2.02. The quantitative estimate of drug-likeness (QED) is 0.346. The summed E-state index contributed by atoms with van der Waals surface area (Å²) in [6.07, 6.45) is 8.83. The summed E-state index contributed by atoms with van der Waals surface area (Å²) in [6, 6.07) is 16.7. The lowest BCUT2D eigenvalue weighted by molar-refractivity contribution is 0.0735. The van der Waals surface area contributed by atoms with Gasteiger partial charge in [0, 0.05) is 23.7 Å². The number of hydrogen-bond donors (Lipinski definition) is 0. The first-order valence-electron chi connectivity index (χ1n) is 11.4. The summed E-state index contributed by atoms with van der Waals surface area (Å²) in [5, 5.41) is 0. The first-order chi connectivity index (χ1) is 14.9. The van der Waals surface area contributed by atoms with E-state index >= 15 is 0 Å². The van der Waals surface area contributed by atoms with Crippen LogP contribution in [0.15, 0.2) is 60.8 Å². The molecular weight excluding hydrogens is 384 g/mol. The number of carbonyl (C=O) groups excluding carboxylic acids is 1. The van der Waals surface area contributed by atoms with Gasteiger partial charge >= 0.3 is 5.97 Å². The molecule has 0 radical (unpaired) electrons. The van der Waals surface area contributed by atoms with Crippen molar-refractivity contribution in [3.63, 3.8) is 0 Å². The molecule has 0 unspecified atom stereocenters. The number of imidazole rings is 1. The molecule has 0 atom stereocenters. The number of hydrogen-bond acceptors (Lipinski definition) is 3. The number of ether oxygens (including phenoxy) is 1. The van der Waals surface area contributed by atoms with Gasteiger partial charge < -0.3 is 9.30 Å². The Labute approximate surface area is 185 Å². The van der Waals surface area contributed by atoms with Crippen LogP contribution in [0.5, 0.6) is 5.75 Å². The lowest BCUT2D eigenvalue weighted by atomic mass is 9.88. The Morgan fingerprint density at radius 3 is 2.48 bits per heavy atom. The average molecular weight is 417 g/mol. The van der Waals surface area contributed by atoms with Crippen molar-refractivity contribution in [2.75, 3.05) is 0 Å². The van der Waals surface area contributed by atoms with E-state index in [0.29, 0.717) is 11.3 Å². The van der Waals surface area contributed by atoms with Crippen molar-refractivity contribution >= 4 is 5.97 Å². The lowest BCUT2D eigenvalue weighted by Crippen LogP contribution is -2.22. The predicted octanol–water partition coefficient (Wildman–Crippen LogP) is 6.65. The first-order valence-corrected chi connectivity index (χ1v) is 11.4. The monoisotopic (exact) mass is 416 g/mol. The molecule has 2 aromatic carbocycles. The van der Waals surface area contributed by atoms with Crippen LogP contribution in [-0.2, 0) is 12.0 Å². The largest absolute Gasteiger partial charge is 0.423 e. The summed E-state index contributed by atoms with van der Waals surface area (Å²) in [6.45, 7) is 7.68. The van der Waals surface area contributed by atoms with Gasteiger partial charge in [0.2, 0.25) is 0 Å². The fraction of sp³-hybridized carbons (Fsp3) is 0.407. The molecule has 0 spiro atoms. The van der Waals surface area contributed by atoms with Gasteiger partial charge in [0.05, 0.1) is 11.3 Å². The van der Waals surface area contributed by atoms with Gasteiger partial charge in [-0.25, -0.2) is 9.78 Å². The summed E-state index contributed by atoms with van der Waals surface area (Å²) < 4.78 is 7.97. The van der Waals surface area contributed by atoms with Crippen molar-refractivity contribution in [2.45, 2.75) is 64.8 Å². The van der Waals surface area contributed by atoms with Crippen LogP contribution in [0, 0.1) is 5.92 Å². The van der Waals surface area contributed by atoms with E-state index < -0.39 is 0 Å². The Morgan fingerprint density at radius 2 is 1.77 bits per heavy atom. The molecule has 31 heavy (non-hydrogen) atoms. The fourth-order valence-electron chi connectivity index (χ4n) is 4.40. The van der Waals surface area contributed by atoms with Gasteiger partial charge in [0.1, 0.15) is 11.6 Å². The topological polar surface area (TPSA) is 44.1 Å². The number of carbonyl (C=O) groups is 1. The van der Waals surface area contributed by atoms with Crippen LogP contribution >= 0.6 is 0 Å². The van der Waals surface area contributed by atoms with Crippen molar-refractivity contribution in [3.8, 4) is 17.0 Å². The molecule has 0 saturated heterocycles. The average Bonchev–Trinajstić information content (AvgIpc) is 3.20. The van der Waals surface area contributed by atoms with E-state index in [1.165, 1.54) is 32.1 Å². The van der Waals surface area contributed by atoms with Crippen molar-refractivity contribution in [3.05, 3.63) is 72.2 Å². The molecule has 1 aliphatic carbocycles. The number of rotatable bonds is 5. The molecule has 4 heteroatoms. The Bertz CT molecular complexity index is 1020. The van der Waals surface area contributed by atoms with Crippen molar-refractivity contribution in [2.24, 2.45) is 5.92 Å². The zero-order chi connectivity index (χ0) is 21.8. The first kappa shape index (κ1) is 21.4. The highest BCUT2D eigenvalue weighted by Gasteiger charge is 2.24. The SMILES string of the molecule is CC(C)(C)c1nc(-c2cccc(OC(=O)c3ccccc3)c2)cn1CC1CCCCC1. The van der Waals surface area contributed by atoms with Gasteiger partial charge in [0.15, 0.2) is 0 Å².